The highest BCUT2D eigenvalue weighted by Gasteiger charge is 2.19. The molecule has 168 valence electrons. The Morgan fingerprint density at radius 2 is 1.25 bits per heavy atom. The summed E-state index contributed by atoms with van der Waals surface area (Å²) in [6.07, 6.45) is 0. The first-order valence-electron chi connectivity index (χ1n) is 10.6. The molecule has 0 unspecified atom stereocenters. The number of benzene rings is 2. The Bertz CT molecular complexity index is 1010. The fraction of sp³-hybridized carbons (Fsp3) is 0.320. The average Bonchev–Trinajstić information content (AvgIpc) is 3.12. The lowest BCUT2D eigenvalue weighted by molar-refractivity contribution is -0.120. The molecule has 0 aliphatic rings. The molecule has 0 spiro atoms. The first-order chi connectivity index (χ1) is 15.2. The molecular formula is C25H30N4O3. The van der Waals surface area contributed by atoms with E-state index in [9.17, 15) is 9.59 Å². The molecule has 32 heavy (non-hydrogen) atoms. The lowest BCUT2D eigenvalue weighted by Crippen LogP contribution is -2.38. The second-order valence-electron chi connectivity index (χ2n) is 8.20. The van der Waals surface area contributed by atoms with E-state index in [1.165, 1.54) is 0 Å². The number of amides is 2. The van der Waals surface area contributed by atoms with E-state index in [0.29, 0.717) is 18.0 Å². The van der Waals surface area contributed by atoms with Crippen molar-refractivity contribution in [2.45, 2.75) is 41.2 Å². The van der Waals surface area contributed by atoms with E-state index >= 15 is 0 Å². The monoisotopic (exact) mass is 434 g/mol. The lowest BCUT2D eigenvalue weighted by Gasteiger charge is -2.21. The van der Waals surface area contributed by atoms with Crippen molar-refractivity contribution >= 4 is 23.2 Å². The molecule has 0 aliphatic carbocycles. The van der Waals surface area contributed by atoms with Gasteiger partial charge >= 0.3 is 0 Å². The highest BCUT2D eigenvalue weighted by atomic mass is 16.5. The van der Waals surface area contributed by atoms with E-state index in [4.69, 9.17) is 4.52 Å². The van der Waals surface area contributed by atoms with Crippen molar-refractivity contribution in [3.05, 3.63) is 76.2 Å². The number of hydrogen-bond acceptors (Lipinski definition) is 5. The van der Waals surface area contributed by atoms with Crippen LogP contribution in [-0.4, -0.2) is 35.0 Å². The highest BCUT2D eigenvalue weighted by molar-refractivity contribution is 5.96. The molecule has 7 heteroatoms. The Hall–Kier alpha value is -3.45. The van der Waals surface area contributed by atoms with Crippen molar-refractivity contribution in [3.8, 4) is 0 Å². The minimum absolute atomic E-state index is 0.0415. The quantitative estimate of drug-likeness (QED) is 0.552. The zero-order valence-corrected chi connectivity index (χ0v) is 19.3. The molecule has 1 aromatic heterocycles. The van der Waals surface area contributed by atoms with Crippen LogP contribution < -0.4 is 10.6 Å². The maximum Gasteiger partial charge on any atom is 0.238 e. The molecule has 0 saturated heterocycles. The minimum atomic E-state index is -0.192. The molecule has 7 nitrogen and oxygen atoms in total. The summed E-state index contributed by atoms with van der Waals surface area (Å²) in [5.41, 5.74) is 6.23. The summed E-state index contributed by atoms with van der Waals surface area (Å²) < 4.78 is 5.15. The van der Waals surface area contributed by atoms with Crippen molar-refractivity contribution in [1.29, 1.82) is 0 Å². The van der Waals surface area contributed by atoms with E-state index in [0.717, 1.165) is 33.6 Å². The molecule has 3 rings (SSSR count). The Labute approximate surface area is 188 Å². The summed E-state index contributed by atoms with van der Waals surface area (Å²) in [6, 6.07) is 13.5. The SMILES string of the molecule is Cc1cc(CN(CC(=O)Nc2c(C)cccc2C)CC(=O)Nc2c(C)cccc2C)no1. The standard InChI is InChI=1S/C25H30N4O3/c1-16-8-6-9-17(2)24(16)26-22(30)14-29(13-21-12-20(5)32-28-21)15-23(31)27-25-18(3)10-7-11-19(25)4/h6-12H,13-15H2,1-5H3,(H,26,30)(H,27,31). The Balaban J connectivity index is 1.72. The van der Waals surface area contributed by atoms with Crippen LogP contribution in [-0.2, 0) is 16.1 Å². The molecule has 2 N–H and O–H groups in total. The molecule has 0 radical (unpaired) electrons. The van der Waals surface area contributed by atoms with Crippen molar-refractivity contribution in [3.63, 3.8) is 0 Å². The van der Waals surface area contributed by atoms with Gasteiger partial charge in [0.1, 0.15) is 5.76 Å². The van der Waals surface area contributed by atoms with Gasteiger partial charge in [0.05, 0.1) is 18.8 Å². The number of aryl methyl sites for hydroxylation is 5. The van der Waals surface area contributed by atoms with Crippen LogP contribution in [0.1, 0.15) is 33.7 Å². The second-order valence-corrected chi connectivity index (χ2v) is 8.20. The van der Waals surface area contributed by atoms with Gasteiger partial charge in [0.2, 0.25) is 11.8 Å². The van der Waals surface area contributed by atoms with Gasteiger partial charge in [-0.1, -0.05) is 41.6 Å². The van der Waals surface area contributed by atoms with E-state index in [1.54, 1.807) is 11.0 Å². The average molecular weight is 435 g/mol. The van der Waals surface area contributed by atoms with Gasteiger partial charge < -0.3 is 15.2 Å². The highest BCUT2D eigenvalue weighted by Crippen LogP contribution is 2.20. The summed E-state index contributed by atoms with van der Waals surface area (Å²) in [5, 5.41) is 9.98. The van der Waals surface area contributed by atoms with Crippen LogP contribution in [0.15, 0.2) is 47.0 Å². The van der Waals surface area contributed by atoms with Crippen LogP contribution in [0.5, 0.6) is 0 Å². The number of hydrogen-bond donors (Lipinski definition) is 2. The van der Waals surface area contributed by atoms with Gasteiger partial charge in [-0.05, 0) is 56.9 Å². The van der Waals surface area contributed by atoms with Gasteiger partial charge in [-0.3, -0.25) is 14.5 Å². The van der Waals surface area contributed by atoms with Crippen LogP contribution in [0.2, 0.25) is 0 Å². The van der Waals surface area contributed by atoms with Gasteiger partial charge in [0.15, 0.2) is 0 Å². The molecule has 3 aromatic rings. The number of nitrogens with zero attached hydrogens (tertiary/aromatic N) is 2. The summed E-state index contributed by atoms with van der Waals surface area (Å²) >= 11 is 0. The molecule has 0 bridgehead atoms. The summed E-state index contributed by atoms with van der Waals surface area (Å²) in [7, 11) is 0. The number of carbonyl (C=O) groups excluding carboxylic acids is 2. The van der Waals surface area contributed by atoms with E-state index < -0.39 is 0 Å². The first kappa shape index (κ1) is 23.2. The largest absolute Gasteiger partial charge is 0.361 e. The number of nitrogens with one attached hydrogen (secondary N) is 2. The molecule has 0 saturated carbocycles. The third-order valence-electron chi connectivity index (χ3n) is 5.29. The summed E-state index contributed by atoms with van der Waals surface area (Å²) in [6.45, 7) is 10.0. The number of aromatic nitrogens is 1. The minimum Gasteiger partial charge on any atom is -0.361 e. The van der Waals surface area contributed by atoms with Crippen molar-refractivity contribution in [1.82, 2.24) is 10.1 Å². The maximum atomic E-state index is 12.8. The normalized spacial score (nSPS) is 10.9. The van der Waals surface area contributed by atoms with Gasteiger partial charge in [0.25, 0.3) is 0 Å². The van der Waals surface area contributed by atoms with Crippen LogP contribution in [0.25, 0.3) is 0 Å². The third kappa shape index (κ3) is 6.04. The van der Waals surface area contributed by atoms with Crippen molar-refractivity contribution < 1.29 is 14.1 Å². The summed E-state index contributed by atoms with van der Waals surface area (Å²) in [5.74, 6) is 0.296. The molecule has 0 atom stereocenters. The number of carbonyl (C=O) groups is 2. The second kappa shape index (κ2) is 10.2. The third-order valence-corrected chi connectivity index (χ3v) is 5.29. The zero-order chi connectivity index (χ0) is 23.3. The first-order valence-corrected chi connectivity index (χ1v) is 10.6. The van der Waals surface area contributed by atoms with Crippen LogP contribution in [0, 0.1) is 34.6 Å². The fourth-order valence-electron chi connectivity index (χ4n) is 3.68. The van der Waals surface area contributed by atoms with Gasteiger partial charge in [-0.2, -0.15) is 0 Å². The predicted octanol–water partition coefficient (Wildman–Crippen LogP) is 4.30. The number of anilines is 2. The molecule has 1 heterocycles. The van der Waals surface area contributed by atoms with E-state index in [2.05, 4.69) is 15.8 Å². The van der Waals surface area contributed by atoms with Crippen molar-refractivity contribution in [2.24, 2.45) is 0 Å². The Kier molecular flexibility index (Phi) is 7.43. The smallest absolute Gasteiger partial charge is 0.238 e. The van der Waals surface area contributed by atoms with Gasteiger partial charge in [-0.25, -0.2) is 0 Å². The zero-order valence-electron chi connectivity index (χ0n) is 19.3. The molecule has 2 aromatic carbocycles. The molecular weight excluding hydrogens is 404 g/mol. The van der Waals surface area contributed by atoms with Crippen LogP contribution in [0.3, 0.4) is 0 Å². The van der Waals surface area contributed by atoms with E-state index in [1.807, 2.05) is 71.0 Å². The maximum absolute atomic E-state index is 12.8. The fourth-order valence-corrected chi connectivity index (χ4v) is 3.68. The van der Waals surface area contributed by atoms with Crippen LogP contribution in [0.4, 0.5) is 11.4 Å². The summed E-state index contributed by atoms with van der Waals surface area (Å²) in [4.78, 5) is 27.4. The number of rotatable bonds is 8. The topological polar surface area (TPSA) is 87.5 Å². The Morgan fingerprint density at radius 3 is 1.62 bits per heavy atom. The molecule has 0 fully saturated rings. The molecule has 2 amide bonds. The predicted molar refractivity (Wildman–Crippen MR) is 126 cm³/mol. The van der Waals surface area contributed by atoms with Gasteiger partial charge in [-0.15, -0.1) is 0 Å². The van der Waals surface area contributed by atoms with E-state index in [-0.39, 0.29) is 24.9 Å². The molecule has 0 aliphatic heterocycles. The Morgan fingerprint density at radius 1 is 0.812 bits per heavy atom. The number of para-hydroxylation sites is 2. The lowest BCUT2D eigenvalue weighted by atomic mass is 10.1. The van der Waals surface area contributed by atoms with Crippen molar-refractivity contribution in [2.75, 3.05) is 23.7 Å². The van der Waals surface area contributed by atoms with Gasteiger partial charge in [0, 0.05) is 24.0 Å². The van der Waals surface area contributed by atoms with Crippen LogP contribution >= 0.6 is 0 Å².